The number of carbonyl (C=O) groups excluding carboxylic acids is 3. The fraction of sp³-hybridized carbons (Fsp3) is 0.400. The van der Waals surface area contributed by atoms with Crippen LogP contribution in [0.2, 0.25) is 0 Å². The summed E-state index contributed by atoms with van der Waals surface area (Å²) in [4.78, 5) is 34.3. The monoisotopic (exact) mass is 325 g/mol. The van der Waals surface area contributed by atoms with E-state index in [0.29, 0.717) is 17.0 Å². The summed E-state index contributed by atoms with van der Waals surface area (Å²) in [5, 5.41) is 2.75. The highest BCUT2D eigenvalue weighted by molar-refractivity contribution is 7.99. The zero-order chi connectivity index (χ0) is 16.5. The molecule has 0 radical (unpaired) electrons. The lowest BCUT2D eigenvalue weighted by atomic mass is 10.1. The van der Waals surface area contributed by atoms with Gasteiger partial charge in [-0.1, -0.05) is 6.07 Å². The zero-order valence-electron chi connectivity index (χ0n) is 12.8. The molecule has 1 rings (SSSR count). The number of methoxy groups -OCH3 is 2. The molecule has 0 heterocycles. The number of carbonyl (C=O) groups is 3. The van der Waals surface area contributed by atoms with E-state index in [0.717, 1.165) is 5.56 Å². The van der Waals surface area contributed by atoms with Crippen molar-refractivity contribution in [2.75, 3.05) is 31.0 Å². The zero-order valence-corrected chi connectivity index (χ0v) is 13.6. The molecule has 120 valence electrons. The second kappa shape index (κ2) is 9.09. The summed E-state index contributed by atoms with van der Waals surface area (Å²) in [6.45, 7) is 1.83. The molecular weight excluding hydrogens is 306 g/mol. The van der Waals surface area contributed by atoms with Crippen LogP contribution in [-0.2, 0) is 19.1 Å². The van der Waals surface area contributed by atoms with Crippen LogP contribution in [0.15, 0.2) is 18.2 Å². The Bertz CT molecular complexity index is 559. The van der Waals surface area contributed by atoms with Gasteiger partial charge in [0, 0.05) is 11.4 Å². The van der Waals surface area contributed by atoms with E-state index in [2.05, 4.69) is 14.8 Å². The van der Waals surface area contributed by atoms with Crippen LogP contribution >= 0.6 is 11.8 Å². The van der Waals surface area contributed by atoms with E-state index in [9.17, 15) is 14.4 Å². The molecule has 0 fully saturated rings. The number of esters is 2. The summed E-state index contributed by atoms with van der Waals surface area (Å²) in [7, 11) is 2.63. The van der Waals surface area contributed by atoms with Crippen molar-refractivity contribution in [2.24, 2.45) is 0 Å². The topological polar surface area (TPSA) is 81.7 Å². The largest absolute Gasteiger partial charge is 0.469 e. The van der Waals surface area contributed by atoms with Gasteiger partial charge in [-0.2, -0.15) is 11.8 Å². The van der Waals surface area contributed by atoms with Crippen molar-refractivity contribution in [1.82, 2.24) is 0 Å². The number of benzene rings is 1. The highest BCUT2D eigenvalue weighted by Crippen LogP contribution is 2.18. The van der Waals surface area contributed by atoms with E-state index >= 15 is 0 Å². The summed E-state index contributed by atoms with van der Waals surface area (Å²) in [6, 6.07) is 4.96. The number of thioether (sulfide) groups is 1. The molecule has 6 nitrogen and oxygen atoms in total. The van der Waals surface area contributed by atoms with Gasteiger partial charge in [0.2, 0.25) is 5.91 Å². The van der Waals surface area contributed by atoms with Crippen LogP contribution in [0.25, 0.3) is 0 Å². The number of ether oxygens (including phenoxy) is 2. The van der Waals surface area contributed by atoms with Gasteiger partial charge in [-0.25, -0.2) is 4.79 Å². The Morgan fingerprint density at radius 2 is 1.91 bits per heavy atom. The van der Waals surface area contributed by atoms with Crippen molar-refractivity contribution in [3.05, 3.63) is 29.3 Å². The van der Waals surface area contributed by atoms with E-state index < -0.39 is 5.97 Å². The van der Waals surface area contributed by atoms with Gasteiger partial charge in [0.1, 0.15) is 0 Å². The van der Waals surface area contributed by atoms with E-state index in [1.54, 1.807) is 18.2 Å². The first-order valence-electron chi connectivity index (χ1n) is 6.61. The minimum atomic E-state index is -0.456. The molecule has 1 aromatic rings. The molecule has 0 saturated heterocycles. The molecule has 0 aliphatic carbocycles. The Hall–Kier alpha value is -2.02. The first-order valence-corrected chi connectivity index (χ1v) is 7.76. The number of hydrogen-bond donors (Lipinski definition) is 1. The van der Waals surface area contributed by atoms with E-state index in [1.807, 2.05) is 6.92 Å². The van der Waals surface area contributed by atoms with Crippen LogP contribution in [0.3, 0.4) is 0 Å². The molecule has 0 saturated carbocycles. The third-order valence-electron chi connectivity index (χ3n) is 2.84. The van der Waals surface area contributed by atoms with Crippen LogP contribution in [-0.4, -0.2) is 43.6 Å². The van der Waals surface area contributed by atoms with Gasteiger partial charge in [-0.3, -0.25) is 9.59 Å². The normalized spacial score (nSPS) is 9.95. The minimum Gasteiger partial charge on any atom is -0.469 e. The maximum atomic E-state index is 11.9. The number of aryl methyl sites for hydroxylation is 1. The SMILES string of the molecule is COC(=O)CCSCC(=O)Nc1cc(C(=O)OC)ccc1C. The molecule has 7 heteroatoms. The average Bonchev–Trinajstić information content (AvgIpc) is 2.52. The molecule has 1 amide bonds. The lowest BCUT2D eigenvalue weighted by molar-refractivity contribution is -0.140. The smallest absolute Gasteiger partial charge is 0.337 e. The van der Waals surface area contributed by atoms with Crippen LogP contribution in [0.5, 0.6) is 0 Å². The molecular formula is C15H19NO5S. The molecule has 0 bridgehead atoms. The third kappa shape index (κ3) is 5.77. The van der Waals surface area contributed by atoms with Gasteiger partial charge in [-0.05, 0) is 24.6 Å². The molecule has 0 aliphatic rings. The third-order valence-corrected chi connectivity index (χ3v) is 3.80. The molecule has 1 aromatic carbocycles. The van der Waals surface area contributed by atoms with Crippen molar-refractivity contribution < 1.29 is 23.9 Å². The van der Waals surface area contributed by atoms with Gasteiger partial charge in [0.15, 0.2) is 0 Å². The second-order valence-corrected chi connectivity index (χ2v) is 5.55. The van der Waals surface area contributed by atoms with Gasteiger partial charge in [-0.15, -0.1) is 0 Å². The Kier molecular flexibility index (Phi) is 7.45. The first kappa shape index (κ1) is 18.0. The van der Waals surface area contributed by atoms with Crippen molar-refractivity contribution in [2.45, 2.75) is 13.3 Å². The van der Waals surface area contributed by atoms with Crippen molar-refractivity contribution in [3.63, 3.8) is 0 Å². The number of amides is 1. The van der Waals surface area contributed by atoms with Crippen LogP contribution in [0.1, 0.15) is 22.3 Å². The van der Waals surface area contributed by atoms with Gasteiger partial charge < -0.3 is 14.8 Å². The first-order chi connectivity index (χ1) is 10.5. The summed E-state index contributed by atoms with van der Waals surface area (Å²) in [5.74, 6) is -0.211. The molecule has 0 unspecified atom stereocenters. The summed E-state index contributed by atoms with van der Waals surface area (Å²) < 4.78 is 9.17. The minimum absolute atomic E-state index is 0.194. The molecule has 22 heavy (non-hydrogen) atoms. The van der Waals surface area contributed by atoms with E-state index in [4.69, 9.17) is 0 Å². The number of rotatable bonds is 7. The van der Waals surface area contributed by atoms with E-state index in [1.165, 1.54) is 26.0 Å². The molecule has 0 atom stereocenters. The fourth-order valence-corrected chi connectivity index (χ4v) is 2.32. The van der Waals surface area contributed by atoms with Gasteiger partial charge >= 0.3 is 11.9 Å². The van der Waals surface area contributed by atoms with Crippen LogP contribution < -0.4 is 5.32 Å². The second-order valence-electron chi connectivity index (χ2n) is 4.45. The number of anilines is 1. The van der Waals surface area contributed by atoms with Crippen molar-refractivity contribution in [3.8, 4) is 0 Å². The Morgan fingerprint density at radius 3 is 2.55 bits per heavy atom. The molecule has 0 spiro atoms. The summed E-state index contributed by atoms with van der Waals surface area (Å²) in [6.07, 6.45) is 0.269. The maximum absolute atomic E-state index is 11.9. The highest BCUT2D eigenvalue weighted by Gasteiger charge is 2.10. The summed E-state index contributed by atoms with van der Waals surface area (Å²) >= 11 is 1.34. The summed E-state index contributed by atoms with van der Waals surface area (Å²) in [5.41, 5.74) is 1.80. The van der Waals surface area contributed by atoms with Gasteiger partial charge in [0.05, 0.1) is 32.0 Å². The van der Waals surface area contributed by atoms with E-state index in [-0.39, 0.29) is 24.1 Å². The number of hydrogen-bond acceptors (Lipinski definition) is 6. The van der Waals surface area contributed by atoms with Crippen LogP contribution in [0.4, 0.5) is 5.69 Å². The predicted octanol–water partition coefficient (Wildman–Crippen LogP) is 2.02. The Balaban J connectivity index is 2.53. The lowest BCUT2D eigenvalue weighted by Gasteiger charge is -2.10. The van der Waals surface area contributed by atoms with Gasteiger partial charge in [0.25, 0.3) is 0 Å². The predicted molar refractivity (Wildman–Crippen MR) is 85.1 cm³/mol. The maximum Gasteiger partial charge on any atom is 0.337 e. The highest BCUT2D eigenvalue weighted by atomic mass is 32.2. The Morgan fingerprint density at radius 1 is 1.18 bits per heavy atom. The average molecular weight is 325 g/mol. The standard InChI is InChI=1S/C15H19NO5S/c1-10-4-5-11(15(19)21-3)8-12(10)16-13(17)9-22-7-6-14(18)20-2/h4-5,8H,6-7,9H2,1-3H3,(H,16,17). The quantitative estimate of drug-likeness (QED) is 0.610. The lowest BCUT2D eigenvalue weighted by Crippen LogP contribution is -2.16. The molecule has 0 aromatic heterocycles. The van der Waals surface area contributed by atoms with Crippen molar-refractivity contribution in [1.29, 1.82) is 0 Å². The molecule has 1 N–H and O–H groups in total. The molecule has 0 aliphatic heterocycles. The van der Waals surface area contributed by atoms with Crippen molar-refractivity contribution >= 4 is 35.3 Å². The number of nitrogens with one attached hydrogen (secondary N) is 1. The van der Waals surface area contributed by atoms with Crippen LogP contribution in [0, 0.1) is 6.92 Å². The Labute approximate surface area is 133 Å². The fourth-order valence-electron chi connectivity index (χ4n) is 1.61.